The molecular formula is C29H24O. The molecule has 4 aromatic carbocycles. The summed E-state index contributed by atoms with van der Waals surface area (Å²) in [6, 6.07) is 28.8. The van der Waals surface area contributed by atoms with E-state index >= 15 is 0 Å². The molecule has 1 aliphatic carbocycles. The van der Waals surface area contributed by atoms with Crippen LogP contribution in [-0.4, -0.2) is 0 Å². The molecule has 0 saturated carbocycles. The maximum Gasteiger partial charge on any atom is 0.135 e. The lowest BCUT2D eigenvalue weighted by molar-refractivity contribution is 0.659. The van der Waals surface area contributed by atoms with Crippen LogP contribution in [0.2, 0.25) is 0 Å². The molecule has 0 spiro atoms. The summed E-state index contributed by atoms with van der Waals surface area (Å²) in [5, 5.41) is 2.36. The molecule has 0 saturated heterocycles. The van der Waals surface area contributed by atoms with Crippen LogP contribution >= 0.6 is 0 Å². The summed E-state index contributed by atoms with van der Waals surface area (Å²) in [5.74, 6) is 0. The first-order chi connectivity index (χ1) is 14.6. The monoisotopic (exact) mass is 388 g/mol. The lowest BCUT2D eigenvalue weighted by atomic mass is 9.81. The van der Waals surface area contributed by atoms with Crippen molar-refractivity contribution < 1.29 is 4.42 Å². The first kappa shape index (κ1) is 17.5. The van der Waals surface area contributed by atoms with E-state index in [2.05, 4.69) is 87.5 Å². The smallest absolute Gasteiger partial charge is 0.135 e. The number of aryl methyl sites for hydroxylation is 1. The Bertz CT molecular complexity index is 1450. The Hall–Kier alpha value is -3.32. The van der Waals surface area contributed by atoms with Crippen LogP contribution in [0.4, 0.5) is 0 Å². The quantitative estimate of drug-likeness (QED) is 0.297. The maximum absolute atomic E-state index is 6.01. The Labute approximate surface area is 177 Å². The van der Waals surface area contributed by atoms with Crippen LogP contribution in [0.5, 0.6) is 0 Å². The van der Waals surface area contributed by atoms with Crippen LogP contribution in [0.1, 0.15) is 37.5 Å². The van der Waals surface area contributed by atoms with Crippen molar-refractivity contribution in [2.75, 3.05) is 0 Å². The van der Waals surface area contributed by atoms with Crippen molar-refractivity contribution in [2.24, 2.45) is 0 Å². The van der Waals surface area contributed by atoms with E-state index in [1.165, 1.54) is 49.7 Å². The van der Waals surface area contributed by atoms with Gasteiger partial charge in [0.1, 0.15) is 11.2 Å². The molecular weight excluding hydrogens is 364 g/mol. The average molecular weight is 389 g/mol. The number of furan rings is 1. The summed E-state index contributed by atoms with van der Waals surface area (Å²) < 4.78 is 6.01. The van der Waals surface area contributed by atoms with Crippen LogP contribution in [0.25, 0.3) is 44.2 Å². The molecule has 1 aliphatic rings. The standard InChI is InChI=1S/C29H24O/c1-4-18-9-12-21-22-13-10-20(17-26(22)29(2,3)25(21)15-18)19-11-14-28-24(16-19)23-7-5-6-8-27(23)30-28/h5-17H,4H2,1-3H3. The SMILES string of the molecule is CCc1ccc2c(c1)C(C)(C)c1cc(-c3ccc4oc5ccccc5c4c3)ccc1-2. The van der Waals surface area contributed by atoms with Crippen LogP contribution in [-0.2, 0) is 11.8 Å². The van der Waals surface area contributed by atoms with E-state index in [-0.39, 0.29) is 5.41 Å². The van der Waals surface area contributed by atoms with Crippen LogP contribution in [0, 0.1) is 0 Å². The van der Waals surface area contributed by atoms with Gasteiger partial charge in [-0.15, -0.1) is 0 Å². The molecule has 0 atom stereocenters. The highest BCUT2D eigenvalue weighted by atomic mass is 16.3. The van der Waals surface area contributed by atoms with Crippen molar-refractivity contribution in [3.8, 4) is 22.3 Å². The molecule has 0 unspecified atom stereocenters. The summed E-state index contributed by atoms with van der Waals surface area (Å²) in [4.78, 5) is 0. The molecule has 1 aromatic heterocycles. The van der Waals surface area contributed by atoms with Gasteiger partial charge in [0.15, 0.2) is 0 Å². The van der Waals surface area contributed by atoms with Gasteiger partial charge in [0.2, 0.25) is 0 Å². The summed E-state index contributed by atoms with van der Waals surface area (Å²) in [6.45, 7) is 6.94. The number of benzene rings is 4. The van der Waals surface area contributed by atoms with Gasteiger partial charge in [0.05, 0.1) is 0 Å². The van der Waals surface area contributed by atoms with E-state index in [0.717, 1.165) is 17.6 Å². The van der Waals surface area contributed by atoms with Crippen molar-refractivity contribution in [1.82, 2.24) is 0 Å². The summed E-state index contributed by atoms with van der Waals surface area (Å²) in [6.07, 6.45) is 1.07. The van der Waals surface area contributed by atoms with E-state index in [1.807, 2.05) is 12.1 Å². The normalized spacial score (nSPS) is 14.2. The van der Waals surface area contributed by atoms with Gasteiger partial charge in [0.25, 0.3) is 0 Å². The molecule has 146 valence electrons. The zero-order chi connectivity index (χ0) is 20.5. The van der Waals surface area contributed by atoms with Gasteiger partial charge in [-0.25, -0.2) is 0 Å². The van der Waals surface area contributed by atoms with Crippen molar-refractivity contribution in [1.29, 1.82) is 0 Å². The van der Waals surface area contributed by atoms with Crippen LogP contribution < -0.4 is 0 Å². The molecule has 30 heavy (non-hydrogen) atoms. The number of fused-ring (bicyclic) bond motifs is 6. The Kier molecular flexibility index (Phi) is 3.56. The molecule has 0 bridgehead atoms. The lowest BCUT2D eigenvalue weighted by Gasteiger charge is -2.22. The van der Waals surface area contributed by atoms with Crippen molar-refractivity contribution in [2.45, 2.75) is 32.6 Å². The highest BCUT2D eigenvalue weighted by molar-refractivity contribution is 6.06. The Morgan fingerprint density at radius 2 is 1.33 bits per heavy atom. The van der Waals surface area contributed by atoms with Gasteiger partial charge in [-0.3, -0.25) is 0 Å². The van der Waals surface area contributed by atoms with Gasteiger partial charge >= 0.3 is 0 Å². The maximum atomic E-state index is 6.01. The Morgan fingerprint density at radius 1 is 0.667 bits per heavy atom. The van der Waals surface area contributed by atoms with Crippen molar-refractivity contribution in [3.05, 3.63) is 95.6 Å². The van der Waals surface area contributed by atoms with E-state index < -0.39 is 0 Å². The lowest BCUT2D eigenvalue weighted by Crippen LogP contribution is -2.15. The fraction of sp³-hybridized carbons (Fsp3) is 0.172. The minimum absolute atomic E-state index is 0.0122. The van der Waals surface area contributed by atoms with Crippen molar-refractivity contribution >= 4 is 21.9 Å². The summed E-state index contributed by atoms with van der Waals surface area (Å²) >= 11 is 0. The summed E-state index contributed by atoms with van der Waals surface area (Å²) in [5.41, 5.74) is 11.4. The Balaban J connectivity index is 1.52. The second-order valence-electron chi connectivity index (χ2n) is 8.93. The number of para-hydroxylation sites is 1. The molecule has 1 heteroatoms. The number of rotatable bonds is 2. The average Bonchev–Trinajstić information content (AvgIpc) is 3.26. The highest BCUT2D eigenvalue weighted by Crippen LogP contribution is 2.50. The van der Waals surface area contributed by atoms with Crippen LogP contribution in [0.3, 0.4) is 0 Å². The largest absolute Gasteiger partial charge is 0.456 e. The molecule has 0 fully saturated rings. The van der Waals surface area contributed by atoms with Crippen molar-refractivity contribution in [3.63, 3.8) is 0 Å². The first-order valence-electron chi connectivity index (χ1n) is 10.8. The third-order valence-corrected chi connectivity index (χ3v) is 6.86. The van der Waals surface area contributed by atoms with E-state index in [1.54, 1.807) is 0 Å². The van der Waals surface area contributed by atoms with E-state index in [4.69, 9.17) is 4.42 Å². The minimum Gasteiger partial charge on any atom is -0.456 e. The third kappa shape index (κ3) is 2.35. The molecule has 1 heterocycles. The molecule has 6 rings (SSSR count). The van der Waals surface area contributed by atoms with Gasteiger partial charge in [-0.2, -0.15) is 0 Å². The van der Waals surface area contributed by atoms with Gasteiger partial charge in [-0.05, 0) is 69.6 Å². The third-order valence-electron chi connectivity index (χ3n) is 6.86. The Morgan fingerprint density at radius 3 is 2.17 bits per heavy atom. The fourth-order valence-corrected chi connectivity index (χ4v) is 5.09. The van der Waals surface area contributed by atoms with Gasteiger partial charge < -0.3 is 4.42 Å². The van der Waals surface area contributed by atoms with Gasteiger partial charge in [-0.1, -0.05) is 75.4 Å². The second kappa shape index (κ2) is 6.09. The van der Waals surface area contributed by atoms with Crippen LogP contribution in [0.15, 0.2) is 83.3 Å². The zero-order valence-electron chi connectivity index (χ0n) is 17.6. The number of hydrogen-bond acceptors (Lipinski definition) is 1. The number of hydrogen-bond donors (Lipinski definition) is 0. The topological polar surface area (TPSA) is 13.1 Å². The summed E-state index contributed by atoms with van der Waals surface area (Å²) in [7, 11) is 0. The molecule has 1 nitrogen and oxygen atoms in total. The molecule has 0 amide bonds. The fourth-order valence-electron chi connectivity index (χ4n) is 5.09. The van der Waals surface area contributed by atoms with E-state index in [0.29, 0.717) is 0 Å². The predicted octanol–water partition coefficient (Wildman–Crippen LogP) is 8.12. The predicted molar refractivity (Wildman–Crippen MR) is 126 cm³/mol. The zero-order valence-corrected chi connectivity index (χ0v) is 17.6. The molecule has 0 radical (unpaired) electrons. The molecule has 5 aromatic rings. The van der Waals surface area contributed by atoms with E-state index in [9.17, 15) is 0 Å². The molecule has 0 aliphatic heterocycles. The molecule has 0 N–H and O–H groups in total. The van der Waals surface area contributed by atoms with Gasteiger partial charge in [0, 0.05) is 16.2 Å². The second-order valence-corrected chi connectivity index (χ2v) is 8.93. The first-order valence-corrected chi connectivity index (χ1v) is 10.8. The highest BCUT2D eigenvalue weighted by Gasteiger charge is 2.35. The minimum atomic E-state index is 0.0122.